The number of likely N-dealkylation sites (tertiary alicyclic amines) is 1. The van der Waals surface area contributed by atoms with Gasteiger partial charge in [-0.3, -0.25) is 19.1 Å². The van der Waals surface area contributed by atoms with Crippen molar-refractivity contribution >= 4 is 17.8 Å². The number of aryl methyl sites for hydroxylation is 2. The quantitative estimate of drug-likeness (QED) is 0.805. The van der Waals surface area contributed by atoms with Crippen molar-refractivity contribution in [1.82, 2.24) is 19.6 Å². The summed E-state index contributed by atoms with van der Waals surface area (Å²) in [7, 11) is 1.90. The van der Waals surface area contributed by atoms with Crippen molar-refractivity contribution in [2.75, 3.05) is 19.6 Å². The van der Waals surface area contributed by atoms with Gasteiger partial charge in [0.1, 0.15) is 6.54 Å². The van der Waals surface area contributed by atoms with E-state index >= 15 is 0 Å². The molecule has 0 spiro atoms. The molecule has 27 heavy (non-hydrogen) atoms. The van der Waals surface area contributed by atoms with Crippen molar-refractivity contribution in [3.8, 4) is 0 Å². The van der Waals surface area contributed by atoms with Crippen LogP contribution in [0, 0.1) is 13.8 Å². The Morgan fingerprint density at radius 2 is 1.93 bits per heavy atom. The Morgan fingerprint density at radius 3 is 2.48 bits per heavy atom. The fourth-order valence-electron chi connectivity index (χ4n) is 3.85. The minimum absolute atomic E-state index is 0.103. The first-order valence-electron chi connectivity index (χ1n) is 9.46. The molecule has 1 fully saturated rings. The zero-order valence-electron chi connectivity index (χ0n) is 16.7. The summed E-state index contributed by atoms with van der Waals surface area (Å²) in [5, 5.41) is 13.4. The van der Waals surface area contributed by atoms with Crippen LogP contribution in [0.3, 0.4) is 0 Å². The molecule has 2 heterocycles. The Labute approximate surface area is 160 Å². The molecule has 2 amide bonds. The first-order chi connectivity index (χ1) is 12.7. The molecule has 1 unspecified atom stereocenters. The summed E-state index contributed by atoms with van der Waals surface area (Å²) in [5.74, 6) is -1.14. The first-order valence-corrected chi connectivity index (χ1v) is 9.46. The summed E-state index contributed by atoms with van der Waals surface area (Å²) in [6.45, 7) is 6.29. The van der Waals surface area contributed by atoms with Gasteiger partial charge in [0.25, 0.3) is 0 Å². The molecule has 1 saturated heterocycles. The van der Waals surface area contributed by atoms with E-state index in [0.717, 1.165) is 29.8 Å². The molecule has 2 rings (SSSR count). The number of carbonyl (C=O) groups is 3. The fraction of sp³-hybridized carbons (Fsp3) is 0.684. The summed E-state index contributed by atoms with van der Waals surface area (Å²) < 4.78 is 1.84. The van der Waals surface area contributed by atoms with Gasteiger partial charge in [-0.25, -0.2) is 0 Å². The summed E-state index contributed by atoms with van der Waals surface area (Å²) >= 11 is 0. The number of carboxylic acid groups (broad SMARTS) is 1. The normalized spacial score (nSPS) is 17.5. The molecule has 0 saturated carbocycles. The molecule has 150 valence electrons. The van der Waals surface area contributed by atoms with Crippen LogP contribution >= 0.6 is 0 Å². The molecule has 8 nitrogen and oxygen atoms in total. The second-order valence-electron chi connectivity index (χ2n) is 7.28. The highest BCUT2D eigenvalue weighted by Crippen LogP contribution is 2.19. The van der Waals surface area contributed by atoms with Crippen LogP contribution in [-0.2, 0) is 27.9 Å². The third kappa shape index (κ3) is 5.30. The minimum atomic E-state index is -1.01. The maximum absolute atomic E-state index is 12.7. The molecular weight excluding hydrogens is 348 g/mol. The van der Waals surface area contributed by atoms with E-state index in [2.05, 4.69) is 5.10 Å². The molecule has 1 aromatic heterocycles. The molecule has 1 aromatic rings. The van der Waals surface area contributed by atoms with Gasteiger partial charge in [0, 0.05) is 45.2 Å². The van der Waals surface area contributed by atoms with Crippen LogP contribution in [0.4, 0.5) is 0 Å². The number of carboxylic acids is 1. The van der Waals surface area contributed by atoms with E-state index in [1.54, 1.807) is 0 Å². The maximum Gasteiger partial charge on any atom is 0.323 e. The van der Waals surface area contributed by atoms with Gasteiger partial charge in [-0.2, -0.15) is 5.10 Å². The van der Waals surface area contributed by atoms with Crippen LogP contribution in [0.25, 0.3) is 0 Å². The summed E-state index contributed by atoms with van der Waals surface area (Å²) in [4.78, 5) is 38.8. The first kappa shape index (κ1) is 20.9. The Bertz CT molecular complexity index is 713. The van der Waals surface area contributed by atoms with E-state index in [0.29, 0.717) is 32.4 Å². The van der Waals surface area contributed by atoms with E-state index in [9.17, 15) is 14.4 Å². The highest BCUT2D eigenvalue weighted by molar-refractivity contribution is 5.80. The van der Waals surface area contributed by atoms with Gasteiger partial charge in [0.15, 0.2) is 0 Å². The largest absolute Gasteiger partial charge is 0.480 e. The van der Waals surface area contributed by atoms with Gasteiger partial charge >= 0.3 is 5.97 Å². The van der Waals surface area contributed by atoms with Crippen LogP contribution in [0.5, 0.6) is 0 Å². The number of carbonyl (C=O) groups excluding carboxylic acids is 2. The third-order valence-corrected chi connectivity index (χ3v) is 5.45. The van der Waals surface area contributed by atoms with Crippen LogP contribution < -0.4 is 0 Å². The van der Waals surface area contributed by atoms with Gasteiger partial charge in [-0.05, 0) is 45.1 Å². The van der Waals surface area contributed by atoms with Crippen molar-refractivity contribution in [2.24, 2.45) is 7.05 Å². The van der Waals surface area contributed by atoms with Gasteiger partial charge < -0.3 is 14.9 Å². The lowest BCUT2D eigenvalue weighted by molar-refractivity contribution is -0.145. The average molecular weight is 378 g/mol. The number of rotatable bonds is 6. The second kappa shape index (κ2) is 9.01. The summed E-state index contributed by atoms with van der Waals surface area (Å²) in [6, 6.07) is -0.126. The highest BCUT2D eigenvalue weighted by Gasteiger charge is 2.27. The van der Waals surface area contributed by atoms with E-state index in [1.807, 2.05) is 30.5 Å². The zero-order valence-corrected chi connectivity index (χ0v) is 16.7. The molecule has 0 radical (unpaired) electrons. The van der Waals surface area contributed by atoms with Gasteiger partial charge in [-0.15, -0.1) is 0 Å². The van der Waals surface area contributed by atoms with Gasteiger partial charge in [-0.1, -0.05) is 0 Å². The molecule has 1 atom stereocenters. The lowest BCUT2D eigenvalue weighted by atomic mass is 10.1. The average Bonchev–Trinajstić information content (AvgIpc) is 2.78. The Kier molecular flexibility index (Phi) is 6.98. The molecule has 1 aliphatic rings. The van der Waals surface area contributed by atoms with Crippen molar-refractivity contribution in [3.63, 3.8) is 0 Å². The van der Waals surface area contributed by atoms with E-state index < -0.39 is 5.97 Å². The zero-order chi connectivity index (χ0) is 20.1. The van der Waals surface area contributed by atoms with Crippen LogP contribution in [0.15, 0.2) is 0 Å². The predicted octanol–water partition coefficient (Wildman–Crippen LogP) is 1.28. The van der Waals surface area contributed by atoms with E-state index in [-0.39, 0.29) is 24.4 Å². The number of aromatic nitrogens is 2. The van der Waals surface area contributed by atoms with E-state index in [1.165, 1.54) is 11.8 Å². The van der Waals surface area contributed by atoms with Crippen molar-refractivity contribution < 1.29 is 19.5 Å². The topological polar surface area (TPSA) is 95.7 Å². The predicted molar refractivity (Wildman–Crippen MR) is 100 cm³/mol. The monoisotopic (exact) mass is 378 g/mol. The number of nitrogens with zero attached hydrogens (tertiary/aromatic N) is 4. The van der Waals surface area contributed by atoms with Crippen LogP contribution in [0.2, 0.25) is 0 Å². The van der Waals surface area contributed by atoms with Gasteiger partial charge in [0.05, 0.1) is 5.69 Å². The molecule has 1 N–H and O–H groups in total. The Balaban J connectivity index is 1.93. The second-order valence-corrected chi connectivity index (χ2v) is 7.28. The summed E-state index contributed by atoms with van der Waals surface area (Å²) in [6.07, 6.45) is 3.21. The Morgan fingerprint density at radius 1 is 1.22 bits per heavy atom. The molecular formula is C19H30N4O4. The maximum atomic E-state index is 12.7. The fourth-order valence-corrected chi connectivity index (χ4v) is 3.85. The third-order valence-electron chi connectivity index (χ3n) is 5.45. The number of aliphatic carboxylic acids is 1. The van der Waals surface area contributed by atoms with Crippen LogP contribution in [0.1, 0.15) is 49.6 Å². The highest BCUT2D eigenvalue weighted by atomic mass is 16.4. The Hall–Kier alpha value is -2.38. The number of hydrogen-bond donors (Lipinski definition) is 1. The standard InChI is InChI=1S/C19H30N4O4/c1-13-17(14(2)21(4)20-13)7-8-18(25)22-10-5-6-16(9-11-22)23(15(3)24)12-19(26)27/h16H,5-12H2,1-4H3,(H,26,27). The smallest absolute Gasteiger partial charge is 0.323 e. The number of hydrogen-bond acceptors (Lipinski definition) is 4. The molecule has 0 bridgehead atoms. The lowest BCUT2D eigenvalue weighted by Crippen LogP contribution is -2.43. The molecule has 8 heteroatoms. The van der Waals surface area contributed by atoms with Crippen molar-refractivity contribution in [2.45, 2.75) is 58.9 Å². The lowest BCUT2D eigenvalue weighted by Gasteiger charge is -2.28. The molecule has 1 aliphatic heterocycles. The van der Waals surface area contributed by atoms with E-state index in [4.69, 9.17) is 5.11 Å². The minimum Gasteiger partial charge on any atom is -0.480 e. The molecule has 0 aromatic carbocycles. The number of amides is 2. The van der Waals surface area contributed by atoms with Crippen molar-refractivity contribution in [3.05, 3.63) is 17.0 Å². The van der Waals surface area contributed by atoms with Crippen LogP contribution in [-0.4, -0.2) is 68.1 Å². The van der Waals surface area contributed by atoms with Crippen molar-refractivity contribution in [1.29, 1.82) is 0 Å². The van der Waals surface area contributed by atoms with Gasteiger partial charge in [0.2, 0.25) is 11.8 Å². The summed E-state index contributed by atoms with van der Waals surface area (Å²) in [5.41, 5.74) is 3.18. The molecule has 0 aliphatic carbocycles. The SMILES string of the molecule is CC(=O)N(CC(=O)O)C1CCCN(C(=O)CCc2c(C)nn(C)c2C)CC1.